The summed E-state index contributed by atoms with van der Waals surface area (Å²) in [6.07, 6.45) is 0. The molecular formula is C7H16NO2P. The van der Waals surface area contributed by atoms with Gasteiger partial charge in [-0.1, -0.05) is 13.8 Å². The minimum atomic E-state index is -0.162. The summed E-state index contributed by atoms with van der Waals surface area (Å²) in [4.78, 5) is 22.1. The lowest BCUT2D eigenvalue weighted by Crippen LogP contribution is -2.25. The Bertz CT molecular complexity index is 136. The van der Waals surface area contributed by atoms with Crippen LogP contribution in [-0.4, -0.2) is 29.9 Å². The maximum Gasteiger partial charge on any atom is 0.237 e. The Balaban J connectivity index is 0. The highest BCUT2D eigenvalue weighted by atomic mass is 31.0. The summed E-state index contributed by atoms with van der Waals surface area (Å²) in [5, 5.41) is 0. The normalized spacial score (nSPS) is 7.73. The van der Waals surface area contributed by atoms with E-state index in [4.69, 9.17) is 0 Å². The van der Waals surface area contributed by atoms with Crippen LogP contribution in [0.15, 0.2) is 0 Å². The monoisotopic (exact) mass is 177 g/mol. The van der Waals surface area contributed by atoms with Gasteiger partial charge in [-0.3, -0.25) is 9.59 Å². The van der Waals surface area contributed by atoms with E-state index in [2.05, 4.69) is 0 Å². The van der Waals surface area contributed by atoms with Crippen molar-refractivity contribution in [1.82, 2.24) is 4.90 Å². The third-order valence-electron chi connectivity index (χ3n) is 0.836. The number of likely N-dealkylation sites (N-methyl/N-ethyl adjacent to an activating group) is 1. The SMILES string of the molecule is CC.CC(=O)CN(C)C(=O)P. The van der Waals surface area contributed by atoms with Crippen molar-refractivity contribution in [1.29, 1.82) is 0 Å². The molecule has 0 heterocycles. The van der Waals surface area contributed by atoms with Crippen LogP contribution >= 0.6 is 9.24 Å². The number of carbonyl (C=O) groups excluding carboxylic acids is 2. The summed E-state index contributed by atoms with van der Waals surface area (Å²) in [6, 6.07) is 0. The van der Waals surface area contributed by atoms with Gasteiger partial charge in [0, 0.05) is 7.05 Å². The zero-order valence-electron chi connectivity index (χ0n) is 7.55. The fourth-order valence-electron chi connectivity index (χ4n) is 0.412. The molecule has 4 heteroatoms. The van der Waals surface area contributed by atoms with Gasteiger partial charge < -0.3 is 4.90 Å². The number of carbonyl (C=O) groups is 2. The molecule has 0 radical (unpaired) electrons. The standard InChI is InChI=1S/C5H10NO2P.C2H6/c1-4(7)3-6(2)5(8)9;1-2/h3,9H2,1-2H3;1-2H3. The summed E-state index contributed by atoms with van der Waals surface area (Å²) in [5.74, 6) is -0.00620. The van der Waals surface area contributed by atoms with E-state index in [0.717, 1.165) is 0 Å². The highest BCUT2D eigenvalue weighted by molar-refractivity contribution is 7.39. The number of nitrogens with zero attached hydrogens (tertiary/aromatic N) is 1. The van der Waals surface area contributed by atoms with Crippen LogP contribution in [0.1, 0.15) is 20.8 Å². The van der Waals surface area contributed by atoms with Crippen molar-refractivity contribution in [3.8, 4) is 0 Å². The summed E-state index contributed by atoms with van der Waals surface area (Å²) in [7, 11) is 3.58. The highest BCUT2D eigenvalue weighted by Gasteiger charge is 2.02. The first-order chi connectivity index (χ1) is 5.04. The van der Waals surface area contributed by atoms with Crippen LogP contribution in [0.2, 0.25) is 0 Å². The molecule has 0 saturated carbocycles. The summed E-state index contributed by atoms with van der Waals surface area (Å²) >= 11 is 0. The van der Waals surface area contributed by atoms with E-state index in [1.54, 1.807) is 7.05 Å². The number of Topliss-reactive ketones (excluding diaryl/α,β-unsaturated/α-hetero) is 1. The molecule has 0 N–H and O–H groups in total. The van der Waals surface area contributed by atoms with E-state index in [1.165, 1.54) is 11.8 Å². The molecule has 3 nitrogen and oxygen atoms in total. The van der Waals surface area contributed by atoms with Gasteiger partial charge in [-0.25, -0.2) is 0 Å². The zero-order chi connectivity index (χ0) is 9.44. The van der Waals surface area contributed by atoms with Gasteiger partial charge in [0.05, 0.1) is 6.54 Å². The maximum atomic E-state index is 10.4. The van der Waals surface area contributed by atoms with Crippen LogP contribution < -0.4 is 0 Å². The molecule has 0 fully saturated rings. The molecule has 11 heavy (non-hydrogen) atoms. The molecule has 0 spiro atoms. The van der Waals surface area contributed by atoms with Crippen molar-refractivity contribution < 1.29 is 9.59 Å². The van der Waals surface area contributed by atoms with E-state index in [0.29, 0.717) is 0 Å². The summed E-state index contributed by atoms with van der Waals surface area (Å²) in [5.41, 5.74) is -0.162. The quantitative estimate of drug-likeness (QED) is 0.600. The Morgan fingerprint density at radius 2 is 1.73 bits per heavy atom. The molecule has 0 aliphatic heterocycles. The molecule has 1 unspecified atom stereocenters. The van der Waals surface area contributed by atoms with Gasteiger partial charge in [0.1, 0.15) is 5.78 Å². The van der Waals surface area contributed by atoms with Gasteiger partial charge >= 0.3 is 0 Å². The number of amides is 1. The van der Waals surface area contributed by atoms with Gasteiger partial charge in [-0.05, 0) is 16.2 Å². The number of ketones is 1. The Labute approximate surface area is 70.3 Å². The molecule has 66 valence electrons. The molecule has 0 aromatic rings. The minimum Gasteiger partial charge on any atom is -0.335 e. The smallest absolute Gasteiger partial charge is 0.237 e. The predicted molar refractivity (Wildman–Crippen MR) is 49.8 cm³/mol. The molecule has 0 bridgehead atoms. The van der Waals surface area contributed by atoms with Gasteiger partial charge in [0.15, 0.2) is 0 Å². The Morgan fingerprint density at radius 3 is 1.82 bits per heavy atom. The predicted octanol–water partition coefficient (Wildman–Crippen LogP) is 1.53. The van der Waals surface area contributed by atoms with Crippen molar-refractivity contribution in [2.45, 2.75) is 20.8 Å². The van der Waals surface area contributed by atoms with E-state index in [9.17, 15) is 9.59 Å². The van der Waals surface area contributed by atoms with Gasteiger partial charge in [0.25, 0.3) is 0 Å². The van der Waals surface area contributed by atoms with Crippen LogP contribution in [0.25, 0.3) is 0 Å². The lowest BCUT2D eigenvalue weighted by Gasteiger charge is -2.10. The van der Waals surface area contributed by atoms with Crippen LogP contribution in [0.5, 0.6) is 0 Å². The second-order valence-corrected chi connectivity index (χ2v) is 2.39. The Hall–Kier alpha value is -0.430. The molecule has 0 aromatic carbocycles. The van der Waals surface area contributed by atoms with Crippen molar-refractivity contribution in [3.05, 3.63) is 0 Å². The average molecular weight is 177 g/mol. The minimum absolute atomic E-state index is 0.00620. The molecule has 0 rings (SSSR count). The van der Waals surface area contributed by atoms with Crippen molar-refractivity contribution in [2.24, 2.45) is 0 Å². The van der Waals surface area contributed by atoms with E-state index >= 15 is 0 Å². The van der Waals surface area contributed by atoms with Crippen LogP contribution in [0, 0.1) is 0 Å². The Kier molecular flexibility index (Phi) is 9.20. The topological polar surface area (TPSA) is 37.4 Å². The molecule has 0 aliphatic carbocycles. The van der Waals surface area contributed by atoms with Gasteiger partial charge in [0.2, 0.25) is 5.65 Å². The second kappa shape index (κ2) is 7.67. The first-order valence-corrected chi connectivity index (χ1v) is 4.11. The second-order valence-electron chi connectivity index (χ2n) is 1.90. The van der Waals surface area contributed by atoms with Crippen LogP contribution in [0.3, 0.4) is 0 Å². The van der Waals surface area contributed by atoms with Crippen molar-refractivity contribution in [2.75, 3.05) is 13.6 Å². The Morgan fingerprint density at radius 1 is 1.36 bits per heavy atom. The average Bonchev–Trinajstić information content (AvgIpc) is 1.90. The number of hydrogen-bond donors (Lipinski definition) is 0. The third-order valence-corrected chi connectivity index (χ3v) is 1.28. The molecule has 0 aliphatic rings. The third kappa shape index (κ3) is 9.57. The lowest BCUT2D eigenvalue weighted by molar-refractivity contribution is -0.117. The van der Waals surface area contributed by atoms with Crippen molar-refractivity contribution >= 4 is 20.7 Å². The fourth-order valence-corrected chi connectivity index (χ4v) is 0.503. The first kappa shape index (κ1) is 13.2. The fraction of sp³-hybridized carbons (Fsp3) is 0.714. The first-order valence-electron chi connectivity index (χ1n) is 3.54. The number of rotatable bonds is 2. The molecule has 1 amide bonds. The molecular weight excluding hydrogens is 161 g/mol. The molecule has 0 saturated heterocycles. The van der Waals surface area contributed by atoms with Crippen molar-refractivity contribution in [3.63, 3.8) is 0 Å². The van der Waals surface area contributed by atoms with E-state index in [-0.39, 0.29) is 18.0 Å². The lowest BCUT2D eigenvalue weighted by atomic mass is 10.4. The number of hydrogen-bond acceptors (Lipinski definition) is 2. The summed E-state index contributed by atoms with van der Waals surface area (Å²) in [6.45, 7) is 5.65. The molecule has 0 aromatic heterocycles. The van der Waals surface area contributed by atoms with E-state index < -0.39 is 0 Å². The van der Waals surface area contributed by atoms with Gasteiger partial charge in [-0.2, -0.15) is 0 Å². The zero-order valence-corrected chi connectivity index (χ0v) is 8.70. The van der Waals surface area contributed by atoms with E-state index in [1.807, 2.05) is 23.1 Å². The molecule has 1 atom stereocenters. The highest BCUT2D eigenvalue weighted by Crippen LogP contribution is 1.93. The summed E-state index contributed by atoms with van der Waals surface area (Å²) < 4.78 is 0. The van der Waals surface area contributed by atoms with Crippen LogP contribution in [-0.2, 0) is 4.79 Å². The van der Waals surface area contributed by atoms with Gasteiger partial charge in [-0.15, -0.1) is 0 Å². The van der Waals surface area contributed by atoms with Crippen LogP contribution in [0.4, 0.5) is 4.79 Å². The largest absolute Gasteiger partial charge is 0.335 e. The maximum absolute atomic E-state index is 10.4.